The fourth-order valence-electron chi connectivity index (χ4n) is 3.76. The SMILES string of the molecule is CC(C)(C)OC(=O)N1CCN(CC=C2C(O)CCN(CC(=O)O)C2CC(=O)O)CC1. The summed E-state index contributed by atoms with van der Waals surface area (Å²) < 4.78 is 5.39. The van der Waals surface area contributed by atoms with Crippen LogP contribution in [0.5, 0.6) is 0 Å². The number of aliphatic hydroxyl groups is 1. The average molecular weight is 427 g/mol. The molecule has 2 aliphatic heterocycles. The first kappa shape index (κ1) is 24.1. The van der Waals surface area contributed by atoms with Crippen LogP contribution in [0.25, 0.3) is 0 Å². The highest BCUT2D eigenvalue weighted by Gasteiger charge is 2.34. The van der Waals surface area contributed by atoms with Crippen molar-refractivity contribution in [3.8, 4) is 0 Å². The molecule has 30 heavy (non-hydrogen) atoms. The standard InChI is InChI=1S/C20H33N3O7/c1-20(2,3)30-19(29)22-10-8-21(9-11-22)6-4-14-15(12-17(25)26)23(13-18(27)28)7-5-16(14)24/h4,15-16,24H,5-13H2,1-3H3,(H,25,26)(H,27,28). The van der Waals surface area contributed by atoms with Gasteiger partial charge in [-0.25, -0.2) is 4.79 Å². The van der Waals surface area contributed by atoms with Crippen LogP contribution >= 0.6 is 0 Å². The zero-order valence-corrected chi connectivity index (χ0v) is 17.9. The van der Waals surface area contributed by atoms with Crippen LogP contribution in [-0.4, -0.2) is 112 Å². The van der Waals surface area contributed by atoms with Crippen LogP contribution in [-0.2, 0) is 14.3 Å². The first-order chi connectivity index (χ1) is 14.0. The first-order valence-electron chi connectivity index (χ1n) is 10.2. The Morgan fingerprint density at radius 1 is 1.07 bits per heavy atom. The molecule has 0 aromatic rings. The van der Waals surface area contributed by atoms with Crippen LogP contribution in [0.3, 0.4) is 0 Å². The summed E-state index contributed by atoms with van der Waals surface area (Å²) in [5.74, 6) is -2.07. The highest BCUT2D eigenvalue weighted by Crippen LogP contribution is 2.26. The summed E-state index contributed by atoms with van der Waals surface area (Å²) in [6.07, 6.45) is 0.788. The predicted molar refractivity (Wildman–Crippen MR) is 108 cm³/mol. The Balaban J connectivity index is 1.99. The summed E-state index contributed by atoms with van der Waals surface area (Å²) in [5.41, 5.74) is 0.0102. The molecule has 0 bridgehead atoms. The van der Waals surface area contributed by atoms with Crippen LogP contribution in [0, 0.1) is 0 Å². The molecular formula is C20H33N3O7. The minimum atomic E-state index is -1.04. The average Bonchev–Trinajstić information content (AvgIpc) is 2.62. The van der Waals surface area contributed by atoms with Gasteiger partial charge in [-0.15, -0.1) is 0 Å². The number of hydrogen-bond acceptors (Lipinski definition) is 7. The highest BCUT2D eigenvalue weighted by molar-refractivity contribution is 5.71. The lowest BCUT2D eigenvalue weighted by Gasteiger charge is -2.39. The van der Waals surface area contributed by atoms with Gasteiger partial charge < -0.3 is 25.0 Å². The van der Waals surface area contributed by atoms with Crippen molar-refractivity contribution in [2.45, 2.75) is 51.4 Å². The summed E-state index contributed by atoms with van der Waals surface area (Å²) in [6.45, 7) is 8.31. The molecule has 0 spiro atoms. The number of nitrogens with zero attached hydrogens (tertiary/aromatic N) is 3. The maximum absolute atomic E-state index is 12.2. The number of hydrogen-bond donors (Lipinski definition) is 3. The second-order valence-corrected chi connectivity index (χ2v) is 8.75. The minimum absolute atomic E-state index is 0.261. The topological polar surface area (TPSA) is 131 Å². The smallest absolute Gasteiger partial charge is 0.410 e. The van der Waals surface area contributed by atoms with Gasteiger partial charge in [0, 0.05) is 45.3 Å². The van der Waals surface area contributed by atoms with Crippen molar-refractivity contribution >= 4 is 18.0 Å². The first-order valence-corrected chi connectivity index (χ1v) is 10.2. The van der Waals surface area contributed by atoms with Gasteiger partial charge in [0.25, 0.3) is 0 Å². The molecule has 3 N–H and O–H groups in total. The number of aliphatic carboxylic acids is 2. The van der Waals surface area contributed by atoms with E-state index in [0.29, 0.717) is 51.3 Å². The third-order valence-corrected chi connectivity index (χ3v) is 5.22. The normalized spacial score (nSPS) is 25.3. The molecule has 2 rings (SSSR count). The summed E-state index contributed by atoms with van der Waals surface area (Å²) in [6, 6.07) is -0.648. The second-order valence-electron chi connectivity index (χ2n) is 8.75. The minimum Gasteiger partial charge on any atom is -0.481 e. The van der Waals surface area contributed by atoms with Crippen LogP contribution in [0.2, 0.25) is 0 Å². The summed E-state index contributed by atoms with van der Waals surface area (Å²) in [5, 5.41) is 28.8. The van der Waals surface area contributed by atoms with E-state index < -0.39 is 29.7 Å². The van der Waals surface area contributed by atoms with Crippen LogP contribution < -0.4 is 0 Å². The van der Waals surface area contributed by atoms with Crippen molar-refractivity contribution in [3.05, 3.63) is 11.6 Å². The Morgan fingerprint density at radius 2 is 1.70 bits per heavy atom. The van der Waals surface area contributed by atoms with E-state index in [1.807, 2.05) is 26.8 Å². The lowest BCUT2D eigenvalue weighted by molar-refractivity contribution is -0.142. The molecule has 0 aromatic carbocycles. The zero-order chi connectivity index (χ0) is 22.5. The lowest BCUT2D eigenvalue weighted by atomic mass is 9.90. The van der Waals surface area contributed by atoms with Gasteiger partial charge in [0.15, 0.2) is 0 Å². The van der Waals surface area contributed by atoms with E-state index in [2.05, 4.69) is 4.90 Å². The van der Waals surface area contributed by atoms with E-state index in [0.717, 1.165) is 0 Å². The Hall–Kier alpha value is -2.17. The number of amides is 1. The zero-order valence-electron chi connectivity index (χ0n) is 17.9. The quantitative estimate of drug-likeness (QED) is 0.517. The van der Waals surface area contributed by atoms with E-state index in [-0.39, 0.29) is 19.1 Å². The third kappa shape index (κ3) is 7.26. The largest absolute Gasteiger partial charge is 0.481 e. The van der Waals surface area contributed by atoms with Gasteiger partial charge in [-0.05, 0) is 32.8 Å². The van der Waals surface area contributed by atoms with E-state index in [1.54, 1.807) is 9.80 Å². The number of piperidine rings is 1. The summed E-state index contributed by atoms with van der Waals surface area (Å²) in [4.78, 5) is 40.0. The van der Waals surface area contributed by atoms with Crippen molar-refractivity contribution in [3.63, 3.8) is 0 Å². The number of likely N-dealkylation sites (tertiary alicyclic amines) is 1. The molecule has 0 radical (unpaired) electrons. The van der Waals surface area contributed by atoms with E-state index >= 15 is 0 Å². The lowest BCUT2D eigenvalue weighted by Crippen LogP contribution is -2.51. The van der Waals surface area contributed by atoms with Crippen LogP contribution in [0.4, 0.5) is 4.79 Å². The van der Waals surface area contributed by atoms with Crippen LogP contribution in [0.1, 0.15) is 33.6 Å². The Bertz CT molecular complexity index is 666. The molecule has 170 valence electrons. The molecule has 2 atom stereocenters. The van der Waals surface area contributed by atoms with Gasteiger partial charge in [0.05, 0.1) is 19.1 Å². The van der Waals surface area contributed by atoms with Gasteiger partial charge in [0.2, 0.25) is 0 Å². The Morgan fingerprint density at radius 3 is 2.23 bits per heavy atom. The van der Waals surface area contributed by atoms with Gasteiger partial charge in [-0.3, -0.25) is 19.4 Å². The highest BCUT2D eigenvalue weighted by atomic mass is 16.6. The third-order valence-electron chi connectivity index (χ3n) is 5.22. The molecular weight excluding hydrogens is 394 g/mol. The number of piperazine rings is 1. The van der Waals surface area contributed by atoms with E-state index in [4.69, 9.17) is 9.84 Å². The van der Waals surface area contributed by atoms with Gasteiger partial charge in [-0.1, -0.05) is 6.08 Å². The fraction of sp³-hybridized carbons (Fsp3) is 0.750. The van der Waals surface area contributed by atoms with Crippen LogP contribution in [0.15, 0.2) is 11.6 Å². The summed E-state index contributed by atoms with van der Waals surface area (Å²) in [7, 11) is 0. The fourth-order valence-corrected chi connectivity index (χ4v) is 3.76. The number of carboxylic acid groups (broad SMARTS) is 2. The monoisotopic (exact) mass is 427 g/mol. The number of carbonyl (C=O) groups is 3. The number of aliphatic hydroxyl groups excluding tert-OH is 1. The second kappa shape index (κ2) is 10.2. The number of carboxylic acids is 2. The molecule has 2 aliphatic rings. The van der Waals surface area contributed by atoms with Gasteiger partial charge in [0.1, 0.15) is 5.60 Å². The van der Waals surface area contributed by atoms with Crippen molar-refractivity contribution in [1.82, 2.24) is 14.7 Å². The van der Waals surface area contributed by atoms with E-state index in [1.165, 1.54) is 0 Å². The maximum Gasteiger partial charge on any atom is 0.410 e. The molecule has 0 aliphatic carbocycles. The summed E-state index contributed by atoms with van der Waals surface area (Å²) >= 11 is 0. The van der Waals surface area contributed by atoms with Crippen molar-refractivity contribution < 1.29 is 34.4 Å². The predicted octanol–water partition coefficient (Wildman–Crippen LogP) is 0.460. The Kier molecular flexibility index (Phi) is 8.22. The molecule has 1 amide bonds. The van der Waals surface area contributed by atoms with Crippen molar-refractivity contribution in [1.29, 1.82) is 0 Å². The molecule has 2 saturated heterocycles. The Labute approximate surface area is 176 Å². The van der Waals surface area contributed by atoms with Gasteiger partial charge in [-0.2, -0.15) is 0 Å². The number of carbonyl (C=O) groups excluding carboxylic acids is 1. The van der Waals surface area contributed by atoms with Crippen molar-refractivity contribution in [2.75, 3.05) is 45.8 Å². The molecule has 2 fully saturated rings. The van der Waals surface area contributed by atoms with Crippen molar-refractivity contribution in [2.24, 2.45) is 0 Å². The molecule has 2 unspecified atom stereocenters. The molecule has 10 nitrogen and oxygen atoms in total. The molecule has 10 heteroatoms. The molecule has 0 aromatic heterocycles. The maximum atomic E-state index is 12.2. The number of rotatable bonds is 6. The van der Waals surface area contributed by atoms with E-state index in [9.17, 15) is 24.6 Å². The molecule has 0 saturated carbocycles. The number of ether oxygens (including phenoxy) is 1. The van der Waals surface area contributed by atoms with Gasteiger partial charge >= 0.3 is 18.0 Å². The molecule has 2 heterocycles.